The van der Waals surface area contributed by atoms with E-state index in [4.69, 9.17) is 0 Å². The highest BCUT2D eigenvalue weighted by Gasteiger charge is 2.19. The van der Waals surface area contributed by atoms with Crippen molar-refractivity contribution >= 4 is 15.9 Å². The summed E-state index contributed by atoms with van der Waals surface area (Å²) in [7, 11) is 0. The van der Waals surface area contributed by atoms with Gasteiger partial charge in [0.1, 0.15) is 0 Å². The molecule has 0 aliphatic rings. The predicted octanol–water partition coefficient (Wildman–Crippen LogP) is 3.68. The Bertz CT molecular complexity index is 487. The van der Waals surface area contributed by atoms with Crippen LogP contribution in [0.5, 0.6) is 0 Å². The zero-order valence-electron chi connectivity index (χ0n) is 9.55. The zero-order chi connectivity index (χ0) is 12.3. The SMILES string of the molecule is CC(c1ccccn1)C(O)c1cccc(Br)c1. The first-order chi connectivity index (χ1) is 8.18. The number of hydrogen-bond donors (Lipinski definition) is 1. The molecule has 0 aliphatic heterocycles. The van der Waals surface area contributed by atoms with Gasteiger partial charge in [-0.15, -0.1) is 0 Å². The average molecular weight is 292 g/mol. The number of nitrogens with zero attached hydrogens (tertiary/aromatic N) is 1. The molecule has 0 amide bonds. The highest BCUT2D eigenvalue weighted by atomic mass is 79.9. The molecule has 2 atom stereocenters. The van der Waals surface area contributed by atoms with E-state index in [1.165, 1.54) is 0 Å². The second-order valence-corrected chi connectivity index (χ2v) is 4.96. The minimum atomic E-state index is -0.539. The molecule has 2 nitrogen and oxygen atoms in total. The number of rotatable bonds is 3. The van der Waals surface area contributed by atoms with Gasteiger partial charge in [0.25, 0.3) is 0 Å². The third-order valence-electron chi connectivity index (χ3n) is 2.82. The summed E-state index contributed by atoms with van der Waals surface area (Å²) < 4.78 is 0.974. The van der Waals surface area contributed by atoms with Gasteiger partial charge in [-0.2, -0.15) is 0 Å². The Balaban J connectivity index is 2.23. The van der Waals surface area contributed by atoms with E-state index in [0.29, 0.717) is 0 Å². The molecule has 3 heteroatoms. The highest BCUT2D eigenvalue weighted by Crippen LogP contribution is 2.30. The van der Waals surface area contributed by atoms with Gasteiger partial charge in [-0.1, -0.05) is 41.1 Å². The lowest BCUT2D eigenvalue weighted by atomic mass is 9.94. The summed E-state index contributed by atoms with van der Waals surface area (Å²) in [6, 6.07) is 13.5. The zero-order valence-corrected chi connectivity index (χ0v) is 11.1. The number of aromatic nitrogens is 1. The van der Waals surface area contributed by atoms with E-state index in [1.807, 2.05) is 49.4 Å². The molecule has 0 saturated carbocycles. The van der Waals surface area contributed by atoms with E-state index in [1.54, 1.807) is 6.20 Å². The lowest BCUT2D eigenvalue weighted by Gasteiger charge is -2.18. The van der Waals surface area contributed by atoms with Gasteiger partial charge >= 0.3 is 0 Å². The fraction of sp³-hybridized carbons (Fsp3) is 0.214. The van der Waals surface area contributed by atoms with Crippen molar-refractivity contribution in [2.45, 2.75) is 18.9 Å². The fourth-order valence-corrected chi connectivity index (χ4v) is 2.20. The predicted molar refractivity (Wildman–Crippen MR) is 71.8 cm³/mol. The summed E-state index contributed by atoms with van der Waals surface area (Å²) >= 11 is 3.41. The number of aliphatic hydroxyl groups is 1. The van der Waals surface area contributed by atoms with Crippen molar-refractivity contribution in [3.05, 3.63) is 64.4 Å². The van der Waals surface area contributed by atoms with Crippen molar-refractivity contribution < 1.29 is 5.11 Å². The summed E-state index contributed by atoms with van der Waals surface area (Å²) in [5.41, 5.74) is 1.80. The summed E-state index contributed by atoms with van der Waals surface area (Å²) in [6.45, 7) is 1.98. The first-order valence-electron chi connectivity index (χ1n) is 5.53. The van der Waals surface area contributed by atoms with E-state index in [-0.39, 0.29) is 5.92 Å². The van der Waals surface area contributed by atoms with Gasteiger partial charge in [0.05, 0.1) is 6.10 Å². The minimum absolute atomic E-state index is 0.0227. The van der Waals surface area contributed by atoms with Crippen LogP contribution in [-0.2, 0) is 0 Å². The molecule has 88 valence electrons. The van der Waals surface area contributed by atoms with E-state index >= 15 is 0 Å². The van der Waals surface area contributed by atoms with E-state index < -0.39 is 6.10 Å². The van der Waals surface area contributed by atoms with Crippen LogP contribution in [0.1, 0.15) is 30.2 Å². The molecule has 2 rings (SSSR count). The molecule has 0 aliphatic carbocycles. The minimum Gasteiger partial charge on any atom is -0.388 e. The first kappa shape index (κ1) is 12.3. The van der Waals surface area contributed by atoms with E-state index in [0.717, 1.165) is 15.7 Å². The molecule has 1 N–H and O–H groups in total. The largest absolute Gasteiger partial charge is 0.388 e. The molecule has 0 saturated heterocycles. The fourth-order valence-electron chi connectivity index (χ4n) is 1.79. The van der Waals surface area contributed by atoms with Crippen molar-refractivity contribution in [1.29, 1.82) is 0 Å². The molecule has 1 heterocycles. The first-order valence-corrected chi connectivity index (χ1v) is 6.32. The topological polar surface area (TPSA) is 33.1 Å². The second kappa shape index (κ2) is 5.43. The summed E-state index contributed by atoms with van der Waals surface area (Å²) in [6.07, 6.45) is 1.21. The number of benzene rings is 1. The van der Waals surface area contributed by atoms with E-state index in [9.17, 15) is 5.11 Å². The maximum atomic E-state index is 10.3. The second-order valence-electron chi connectivity index (χ2n) is 4.04. The molecular weight excluding hydrogens is 278 g/mol. The Hall–Kier alpha value is -1.19. The van der Waals surface area contributed by atoms with Crippen LogP contribution >= 0.6 is 15.9 Å². The third-order valence-corrected chi connectivity index (χ3v) is 3.31. The standard InChI is InChI=1S/C14H14BrNO/c1-10(13-7-2-3-8-16-13)14(17)11-5-4-6-12(15)9-11/h2-10,14,17H,1H3. The highest BCUT2D eigenvalue weighted by molar-refractivity contribution is 9.10. The van der Waals surface area contributed by atoms with Gasteiger partial charge in [0.15, 0.2) is 0 Å². The van der Waals surface area contributed by atoms with Crippen molar-refractivity contribution in [2.24, 2.45) is 0 Å². The van der Waals surface area contributed by atoms with Gasteiger partial charge in [-0.05, 0) is 29.8 Å². The monoisotopic (exact) mass is 291 g/mol. The van der Waals surface area contributed by atoms with Crippen molar-refractivity contribution in [3.8, 4) is 0 Å². The van der Waals surface area contributed by atoms with Crippen LogP contribution in [0.2, 0.25) is 0 Å². The molecule has 0 spiro atoms. The maximum Gasteiger partial charge on any atom is 0.0871 e. The van der Waals surface area contributed by atoms with Crippen LogP contribution in [-0.4, -0.2) is 10.1 Å². The third kappa shape index (κ3) is 2.93. The van der Waals surface area contributed by atoms with E-state index in [2.05, 4.69) is 20.9 Å². The molecule has 1 aromatic carbocycles. The lowest BCUT2D eigenvalue weighted by Crippen LogP contribution is -2.08. The van der Waals surface area contributed by atoms with Gasteiger partial charge in [0.2, 0.25) is 0 Å². The summed E-state index contributed by atoms with van der Waals surface area (Å²) in [4.78, 5) is 4.28. The van der Waals surface area contributed by atoms with Crippen LogP contribution in [0, 0.1) is 0 Å². The maximum absolute atomic E-state index is 10.3. The Labute approximate surface area is 109 Å². The van der Waals surface area contributed by atoms with Gasteiger partial charge in [-0.3, -0.25) is 4.98 Å². The Morgan fingerprint density at radius 3 is 2.65 bits per heavy atom. The molecule has 1 aromatic heterocycles. The molecule has 2 unspecified atom stereocenters. The number of pyridine rings is 1. The van der Waals surface area contributed by atoms with Crippen LogP contribution in [0.4, 0.5) is 0 Å². The van der Waals surface area contributed by atoms with Crippen molar-refractivity contribution in [2.75, 3.05) is 0 Å². The van der Waals surface area contributed by atoms with Crippen LogP contribution in [0.15, 0.2) is 53.1 Å². The number of hydrogen-bond acceptors (Lipinski definition) is 2. The van der Waals surface area contributed by atoms with Gasteiger partial charge in [0, 0.05) is 22.3 Å². The molecule has 17 heavy (non-hydrogen) atoms. The number of halogens is 1. The molecule has 0 radical (unpaired) electrons. The van der Waals surface area contributed by atoms with Crippen LogP contribution in [0.3, 0.4) is 0 Å². The smallest absolute Gasteiger partial charge is 0.0871 e. The van der Waals surface area contributed by atoms with Gasteiger partial charge < -0.3 is 5.11 Å². The summed E-state index contributed by atoms with van der Waals surface area (Å²) in [5, 5.41) is 10.3. The Morgan fingerprint density at radius 1 is 1.18 bits per heavy atom. The quantitative estimate of drug-likeness (QED) is 0.936. The van der Waals surface area contributed by atoms with Crippen molar-refractivity contribution in [3.63, 3.8) is 0 Å². The number of aliphatic hydroxyl groups excluding tert-OH is 1. The summed E-state index contributed by atoms with van der Waals surface area (Å²) in [5.74, 6) is -0.0227. The molecule has 2 aromatic rings. The molecule has 0 fully saturated rings. The van der Waals surface area contributed by atoms with Crippen LogP contribution in [0.25, 0.3) is 0 Å². The Morgan fingerprint density at radius 2 is 2.00 bits per heavy atom. The normalized spacial score (nSPS) is 14.3. The Kier molecular flexibility index (Phi) is 3.92. The van der Waals surface area contributed by atoms with Crippen molar-refractivity contribution in [1.82, 2.24) is 4.98 Å². The van der Waals surface area contributed by atoms with Gasteiger partial charge in [-0.25, -0.2) is 0 Å². The lowest BCUT2D eigenvalue weighted by molar-refractivity contribution is 0.150. The average Bonchev–Trinajstić information content (AvgIpc) is 2.38. The molecule has 0 bridgehead atoms. The molecular formula is C14H14BrNO. The van der Waals surface area contributed by atoms with Crippen LogP contribution < -0.4 is 0 Å².